The SMILES string of the molecule is CC(C)c1nc(O)c(-c2ccccc2F)c(=O)[nH]1. The lowest BCUT2D eigenvalue weighted by atomic mass is 10.1. The molecule has 0 saturated carbocycles. The fourth-order valence-electron chi connectivity index (χ4n) is 1.66. The van der Waals surface area contributed by atoms with Gasteiger partial charge in [-0.3, -0.25) is 4.79 Å². The van der Waals surface area contributed by atoms with Gasteiger partial charge in [-0.25, -0.2) is 4.39 Å². The number of H-pyrrole nitrogens is 1. The van der Waals surface area contributed by atoms with E-state index in [4.69, 9.17) is 0 Å². The average Bonchev–Trinajstić information content (AvgIpc) is 2.30. The van der Waals surface area contributed by atoms with Gasteiger partial charge >= 0.3 is 0 Å². The van der Waals surface area contributed by atoms with Gasteiger partial charge in [0.2, 0.25) is 5.88 Å². The van der Waals surface area contributed by atoms with Crippen LogP contribution in [0.5, 0.6) is 5.88 Å². The van der Waals surface area contributed by atoms with E-state index in [1.807, 2.05) is 13.8 Å². The van der Waals surface area contributed by atoms with Crippen LogP contribution in [0.3, 0.4) is 0 Å². The topological polar surface area (TPSA) is 66.0 Å². The molecule has 0 saturated heterocycles. The number of aromatic hydroxyl groups is 1. The Balaban J connectivity index is 2.67. The van der Waals surface area contributed by atoms with E-state index in [-0.39, 0.29) is 17.0 Å². The van der Waals surface area contributed by atoms with E-state index in [1.165, 1.54) is 18.2 Å². The lowest BCUT2D eigenvalue weighted by molar-refractivity contribution is 0.447. The van der Waals surface area contributed by atoms with Gasteiger partial charge in [-0.1, -0.05) is 32.0 Å². The Kier molecular flexibility index (Phi) is 3.14. The van der Waals surface area contributed by atoms with Gasteiger partial charge in [0, 0.05) is 11.5 Å². The Labute approximate surface area is 103 Å². The molecule has 0 fully saturated rings. The molecular formula is C13H13FN2O2. The van der Waals surface area contributed by atoms with Crippen molar-refractivity contribution in [2.45, 2.75) is 19.8 Å². The Morgan fingerprint density at radius 3 is 2.56 bits per heavy atom. The minimum atomic E-state index is -0.572. The molecule has 0 aliphatic carbocycles. The molecule has 0 amide bonds. The maximum atomic E-state index is 13.6. The van der Waals surface area contributed by atoms with Crippen molar-refractivity contribution in [3.05, 3.63) is 46.3 Å². The summed E-state index contributed by atoms with van der Waals surface area (Å²) in [5, 5.41) is 9.80. The van der Waals surface area contributed by atoms with Crippen molar-refractivity contribution in [1.29, 1.82) is 0 Å². The van der Waals surface area contributed by atoms with Crippen molar-refractivity contribution in [1.82, 2.24) is 9.97 Å². The molecule has 5 heteroatoms. The van der Waals surface area contributed by atoms with Crippen molar-refractivity contribution < 1.29 is 9.50 Å². The number of nitrogens with zero attached hydrogens (tertiary/aromatic N) is 1. The molecule has 0 atom stereocenters. The first-order valence-corrected chi connectivity index (χ1v) is 5.58. The molecule has 18 heavy (non-hydrogen) atoms. The van der Waals surface area contributed by atoms with E-state index in [0.29, 0.717) is 5.82 Å². The van der Waals surface area contributed by atoms with Gasteiger partial charge in [-0.2, -0.15) is 4.98 Å². The van der Waals surface area contributed by atoms with Crippen LogP contribution in [0.25, 0.3) is 11.1 Å². The largest absolute Gasteiger partial charge is 0.493 e. The fraction of sp³-hybridized carbons (Fsp3) is 0.231. The number of hydrogen-bond donors (Lipinski definition) is 2. The third-order valence-electron chi connectivity index (χ3n) is 2.61. The Hall–Kier alpha value is -2.17. The highest BCUT2D eigenvalue weighted by molar-refractivity contribution is 5.67. The zero-order valence-corrected chi connectivity index (χ0v) is 10.1. The molecule has 0 aliphatic rings. The maximum absolute atomic E-state index is 13.6. The number of aromatic nitrogens is 2. The lowest BCUT2D eigenvalue weighted by Crippen LogP contribution is -2.15. The van der Waals surface area contributed by atoms with E-state index in [9.17, 15) is 14.3 Å². The summed E-state index contributed by atoms with van der Waals surface area (Å²) in [5.41, 5.74) is -0.646. The zero-order valence-electron chi connectivity index (χ0n) is 10.1. The van der Waals surface area contributed by atoms with Crippen molar-refractivity contribution in [3.8, 4) is 17.0 Å². The van der Waals surface area contributed by atoms with Gasteiger partial charge in [-0.15, -0.1) is 0 Å². The first-order chi connectivity index (χ1) is 8.50. The summed E-state index contributed by atoms with van der Waals surface area (Å²) in [4.78, 5) is 18.3. The zero-order chi connectivity index (χ0) is 13.3. The maximum Gasteiger partial charge on any atom is 0.262 e. The Morgan fingerprint density at radius 1 is 1.33 bits per heavy atom. The van der Waals surface area contributed by atoms with Crippen LogP contribution < -0.4 is 5.56 Å². The molecule has 94 valence electrons. The molecule has 0 radical (unpaired) electrons. The minimum absolute atomic E-state index is 0.0294. The highest BCUT2D eigenvalue weighted by atomic mass is 19.1. The molecule has 0 bridgehead atoms. The quantitative estimate of drug-likeness (QED) is 0.857. The molecule has 0 aliphatic heterocycles. The van der Waals surface area contributed by atoms with Crippen LogP contribution in [-0.4, -0.2) is 15.1 Å². The monoisotopic (exact) mass is 248 g/mol. The van der Waals surface area contributed by atoms with E-state index in [1.54, 1.807) is 6.07 Å². The van der Waals surface area contributed by atoms with Crippen LogP contribution in [-0.2, 0) is 0 Å². The molecule has 1 aromatic carbocycles. The average molecular weight is 248 g/mol. The molecule has 0 spiro atoms. The van der Waals surface area contributed by atoms with Gasteiger partial charge < -0.3 is 10.1 Å². The molecule has 2 aromatic rings. The summed E-state index contributed by atoms with van der Waals surface area (Å²) in [7, 11) is 0. The summed E-state index contributed by atoms with van der Waals surface area (Å²) in [6.07, 6.45) is 0. The summed E-state index contributed by atoms with van der Waals surface area (Å²) >= 11 is 0. The number of benzene rings is 1. The smallest absolute Gasteiger partial charge is 0.262 e. The van der Waals surface area contributed by atoms with Gasteiger partial charge in [0.1, 0.15) is 17.2 Å². The van der Waals surface area contributed by atoms with Crippen LogP contribution in [0.1, 0.15) is 25.6 Å². The fourth-order valence-corrected chi connectivity index (χ4v) is 1.66. The number of halogens is 1. The van der Waals surface area contributed by atoms with Gasteiger partial charge in [0.25, 0.3) is 5.56 Å². The second-order valence-corrected chi connectivity index (χ2v) is 4.28. The van der Waals surface area contributed by atoms with Crippen LogP contribution in [0, 0.1) is 5.82 Å². The van der Waals surface area contributed by atoms with E-state index in [2.05, 4.69) is 9.97 Å². The van der Waals surface area contributed by atoms with Gasteiger partial charge in [-0.05, 0) is 6.07 Å². The van der Waals surface area contributed by atoms with Crippen molar-refractivity contribution in [3.63, 3.8) is 0 Å². The van der Waals surface area contributed by atoms with Gasteiger partial charge in [0.05, 0.1) is 0 Å². The summed E-state index contributed by atoms with van der Waals surface area (Å²) in [6.45, 7) is 3.67. The molecule has 2 rings (SSSR count). The van der Waals surface area contributed by atoms with E-state index < -0.39 is 17.3 Å². The summed E-state index contributed by atoms with van der Waals surface area (Å²) in [5.74, 6) is -0.680. The number of aromatic amines is 1. The standard InChI is InChI=1S/C13H13FN2O2/c1-7(2)11-15-12(17)10(13(18)16-11)8-5-3-4-6-9(8)14/h3-7H,1-2H3,(H2,15,16,17,18). The molecule has 2 N–H and O–H groups in total. The molecule has 1 aromatic heterocycles. The predicted octanol–water partition coefficient (Wildman–Crippen LogP) is 2.40. The van der Waals surface area contributed by atoms with Crippen LogP contribution in [0.15, 0.2) is 29.1 Å². The van der Waals surface area contributed by atoms with Crippen LogP contribution in [0.2, 0.25) is 0 Å². The normalized spacial score (nSPS) is 10.9. The first-order valence-electron chi connectivity index (χ1n) is 5.58. The highest BCUT2D eigenvalue weighted by Crippen LogP contribution is 2.26. The number of nitrogens with one attached hydrogen (secondary N) is 1. The molecule has 4 nitrogen and oxygen atoms in total. The lowest BCUT2D eigenvalue weighted by Gasteiger charge is -2.08. The second kappa shape index (κ2) is 4.60. The number of rotatable bonds is 2. The first kappa shape index (κ1) is 12.3. The number of hydrogen-bond acceptors (Lipinski definition) is 3. The summed E-state index contributed by atoms with van der Waals surface area (Å²) < 4.78 is 13.6. The molecular weight excluding hydrogens is 235 g/mol. The Morgan fingerprint density at radius 2 is 2.00 bits per heavy atom. The van der Waals surface area contributed by atoms with Crippen molar-refractivity contribution in [2.75, 3.05) is 0 Å². The third kappa shape index (κ3) is 2.11. The Bertz CT molecular complexity index is 635. The summed E-state index contributed by atoms with van der Waals surface area (Å²) in [6, 6.07) is 5.76. The van der Waals surface area contributed by atoms with Crippen LogP contribution in [0.4, 0.5) is 4.39 Å². The van der Waals surface area contributed by atoms with Gasteiger partial charge in [0.15, 0.2) is 0 Å². The molecule has 0 unspecified atom stereocenters. The molecule has 1 heterocycles. The predicted molar refractivity (Wildman–Crippen MR) is 66.0 cm³/mol. The minimum Gasteiger partial charge on any atom is -0.493 e. The van der Waals surface area contributed by atoms with E-state index >= 15 is 0 Å². The van der Waals surface area contributed by atoms with E-state index in [0.717, 1.165) is 0 Å². The van der Waals surface area contributed by atoms with Crippen LogP contribution >= 0.6 is 0 Å². The highest BCUT2D eigenvalue weighted by Gasteiger charge is 2.16. The van der Waals surface area contributed by atoms with Crippen molar-refractivity contribution >= 4 is 0 Å². The van der Waals surface area contributed by atoms with Crippen molar-refractivity contribution in [2.24, 2.45) is 0 Å². The second-order valence-electron chi connectivity index (χ2n) is 4.28. The third-order valence-corrected chi connectivity index (χ3v) is 2.61.